The van der Waals surface area contributed by atoms with E-state index in [9.17, 15) is 4.79 Å². The van der Waals surface area contributed by atoms with Crippen molar-refractivity contribution < 1.29 is 9.53 Å². The standard InChI is InChI=1S/C13H14Cl2N4O2S/c1-2-3-6-17-13(20)21-12-11(18-22-19-12)9-7(14)4-5-8(16)10(9)15/h4-5H,2-3,6,16H2,1H3,(H,17,20). The first kappa shape index (κ1) is 16.8. The summed E-state index contributed by atoms with van der Waals surface area (Å²) in [6.07, 6.45) is 1.24. The van der Waals surface area contributed by atoms with Gasteiger partial charge < -0.3 is 15.8 Å². The maximum absolute atomic E-state index is 11.7. The molecule has 0 fully saturated rings. The molecule has 0 bridgehead atoms. The fourth-order valence-corrected chi connectivity index (χ4v) is 2.72. The average molecular weight is 361 g/mol. The highest BCUT2D eigenvalue weighted by Crippen LogP contribution is 2.41. The number of hydrogen-bond acceptors (Lipinski definition) is 6. The molecule has 22 heavy (non-hydrogen) atoms. The van der Waals surface area contributed by atoms with Gasteiger partial charge in [-0.25, -0.2) is 4.79 Å². The summed E-state index contributed by atoms with van der Waals surface area (Å²) in [6, 6.07) is 3.19. The van der Waals surface area contributed by atoms with Crippen molar-refractivity contribution in [2.75, 3.05) is 12.3 Å². The molecule has 1 heterocycles. The van der Waals surface area contributed by atoms with Crippen molar-refractivity contribution in [2.24, 2.45) is 0 Å². The van der Waals surface area contributed by atoms with E-state index < -0.39 is 6.09 Å². The number of halogens is 2. The third-order valence-corrected chi connectivity index (χ3v) is 4.04. The van der Waals surface area contributed by atoms with Crippen molar-refractivity contribution >= 4 is 46.7 Å². The lowest BCUT2D eigenvalue weighted by molar-refractivity contribution is 0.199. The molecule has 118 valence electrons. The third kappa shape index (κ3) is 3.79. The van der Waals surface area contributed by atoms with Gasteiger partial charge in [-0.15, -0.1) is 4.37 Å². The number of amides is 1. The number of carbonyl (C=O) groups excluding carboxylic acids is 1. The van der Waals surface area contributed by atoms with Crippen molar-refractivity contribution in [1.82, 2.24) is 14.1 Å². The van der Waals surface area contributed by atoms with E-state index in [1.54, 1.807) is 12.1 Å². The molecule has 0 aliphatic carbocycles. The number of carbonyl (C=O) groups is 1. The summed E-state index contributed by atoms with van der Waals surface area (Å²) in [5, 5.41) is 3.22. The van der Waals surface area contributed by atoms with Crippen LogP contribution in [-0.4, -0.2) is 21.4 Å². The Labute approximate surface area is 141 Å². The monoisotopic (exact) mass is 360 g/mol. The Bertz CT molecular complexity index is 678. The molecule has 0 saturated heterocycles. The molecule has 9 heteroatoms. The first-order valence-corrected chi connectivity index (χ1v) is 8.05. The number of nitrogens with two attached hydrogens (primary N) is 1. The highest BCUT2D eigenvalue weighted by atomic mass is 35.5. The molecule has 0 saturated carbocycles. The van der Waals surface area contributed by atoms with E-state index in [0.717, 1.165) is 24.6 Å². The number of rotatable bonds is 5. The fourth-order valence-electron chi connectivity index (χ4n) is 1.68. The molecule has 0 atom stereocenters. The Morgan fingerprint density at radius 1 is 1.41 bits per heavy atom. The summed E-state index contributed by atoms with van der Waals surface area (Å²) < 4.78 is 13.2. The summed E-state index contributed by atoms with van der Waals surface area (Å²) >= 11 is 13.2. The summed E-state index contributed by atoms with van der Waals surface area (Å²) in [6.45, 7) is 2.56. The summed E-state index contributed by atoms with van der Waals surface area (Å²) in [7, 11) is 0. The quantitative estimate of drug-likeness (QED) is 0.621. The van der Waals surface area contributed by atoms with Gasteiger partial charge in [0, 0.05) is 12.1 Å². The highest BCUT2D eigenvalue weighted by molar-refractivity contribution is 6.99. The van der Waals surface area contributed by atoms with Crippen molar-refractivity contribution in [2.45, 2.75) is 19.8 Å². The van der Waals surface area contributed by atoms with Gasteiger partial charge in [0.1, 0.15) is 0 Å². The predicted octanol–water partition coefficient (Wildman–Crippen LogP) is 3.98. The molecule has 0 spiro atoms. The van der Waals surface area contributed by atoms with Crippen LogP contribution in [0.5, 0.6) is 5.88 Å². The number of unbranched alkanes of at least 4 members (excludes halogenated alkanes) is 1. The summed E-state index contributed by atoms with van der Waals surface area (Å²) in [5.41, 5.74) is 6.81. The largest absolute Gasteiger partial charge is 0.414 e. The average Bonchev–Trinajstić information content (AvgIpc) is 2.92. The van der Waals surface area contributed by atoms with Crippen LogP contribution in [0.2, 0.25) is 10.0 Å². The molecule has 2 aromatic rings. The van der Waals surface area contributed by atoms with Gasteiger partial charge in [-0.3, -0.25) is 0 Å². The predicted molar refractivity (Wildman–Crippen MR) is 88.7 cm³/mol. The minimum absolute atomic E-state index is 0.0494. The minimum atomic E-state index is -0.599. The Balaban J connectivity index is 2.24. The first-order chi connectivity index (χ1) is 10.5. The van der Waals surface area contributed by atoms with Gasteiger partial charge >= 0.3 is 6.09 Å². The third-order valence-electron chi connectivity index (χ3n) is 2.81. The van der Waals surface area contributed by atoms with Crippen LogP contribution in [0.4, 0.5) is 10.5 Å². The van der Waals surface area contributed by atoms with E-state index in [0.29, 0.717) is 22.8 Å². The fraction of sp³-hybridized carbons (Fsp3) is 0.308. The topological polar surface area (TPSA) is 90.1 Å². The number of ether oxygens (including phenoxy) is 1. The Morgan fingerprint density at radius 3 is 2.91 bits per heavy atom. The van der Waals surface area contributed by atoms with Crippen molar-refractivity contribution in [3.63, 3.8) is 0 Å². The zero-order valence-electron chi connectivity index (χ0n) is 11.7. The number of anilines is 1. The lowest BCUT2D eigenvalue weighted by Gasteiger charge is -2.09. The van der Waals surface area contributed by atoms with E-state index >= 15 is 0 Å². The van der Waals surface area contributed by atoms with Gasteiger partial charge in [0.25, 0.3) is 5.88 Å². The molecular weight excluding hydrogens is 347 g/mol. The van der Waals surface area contributed by atoms with Gasteiger partial charge in [0.05, 0.1) is 27.5 Å². The lowest BCUT2D eigenvalue weighted by Crippen LogP contribution is -2.27. The van der Waals surface area contributed by atoms with Gasteiger partial charge in [0.15, 0.2) is 5.69 Å². The van der Waals surface area contributed by atoms with E-state index in [2.05, 4.69) is 14.1 Å². The Morgan fingerprint density at radius 2 is 2.18 bits per heavy atom. The van der Waals surface area contributed by atoms with Gasteiger partial charge in [-0.2, -0.15) is 4.37 Å². The van der Waals surface area contributed by atoms with E-state index in [1.807, 2.05) is 6.92 Å². The molecule has 0 aliphatic heterocycles. The zero-order valence-corrected chi connectivity index (χ0v) is 14.1. The second-order valence-electron chi connectivity index (χ2n) is 4.41. The number of benzene rings is 1. The molecule has 1 amide bonds. The van der Waals surface area contributed by atoms with Crippen LogP contribution in [0, 0.1) is 0 Å². The maximum atomic E-state index is 11.7. The molecule has 0 unspecified atom stereocenters. The van der Waals surface area contributed by atoms with Crippen LogP contribution >= 0.6 is 34.9 Å². The van der Waals surface area contributed by atoms with E-state index in [-0.39, 0.29) is 16.6 Å². The smallest absolute Gasteiger partial charge is 0.398 e. The molecule has 2 rings (SSSR count). The van der Waals surface area contributed by atoms with Crippen LogP contribution in [-0.2, 0) is 0 Å². The number of nitrogen functional groups attached to an aromatic ring is 1. The van der Waals surface area contributed by atoms with Crippen molar-refractivity contribution in [3.05, 3.63) is 22.2 Å². The van der Waals surface area contributed by atoms with Gasteiger partial charge in [0.2, 0.25) is 0 Å². The molecule has 1 aromatic carbocycles. The number of aromatic nitrogens is 2. The Kier molecular flexibility index (Phi) is 5.82. The highest BCUT2D eigenvalue weighted by Gasteiger charge is 2.21. The van der Waals surface area contributed by atoms with Gasteiger partial charge in [-0.1, -0.05) is 36.5 Å². The summed E-state index contributed by atoms with van der Waals surface area (Å²) in [5.74, 6) is 0.0494. The lowest BCUT2D eigenvalue weighted by atomic mass is 10.1. The van der Waals surface area contributed by atoms with E-state index in [1.165, 1.54) is 0 Å². The number of hydrogen-bond donors (Lipinski definition) is 2. The summed E-state index contributed by atoms with van der Waals surface area (Å²) in [4.78, 5) is 11.7. The minimum Gasteiger partial charge on any atom is -0.398 e. The SMILES string of the molecule is CCCCNC(=O)Oc1nsnc1-c1c(Cl)ccc(N)c1Cl. The van der Waals surface area contributed by atoms with Crippen LogP contribution in [0.3, 0.4) is 0 Å². The molecule has 6 nitrogen and oxygen atoms in total. The van der Waals surface area contributed by atoms with Gasteiger partial charge in [-0.05, 0) is 18.6 Å². The molecular formula is C13H14Cl2N4O2S. The van der Waals surface area contributed by atoms with Crippen LogP contribution in [0.1, 0.15) is 19.8 Å². The van der Waals surface area contributed by atoms with E-state index in [4.69, 9.17) is 33.7 Å². The first-order valence-electron chi connectivity index (χ1n) is 6.56. The number of nitrogens with zero attached hydrogens (tertiary/aromatic N) is 2. The normalized spacial score (nSPS) is 10.5. The van der Waals surface area contributed by atoms with Crippen molar-refractivity contribution in [3.8, 4) is 17.1 Å². The maximum Gasteiger partial charge on any atom is 0.414 e. The Hall–Kier alpha value is -1.57. The second-order valence-corrected chi connectivity index (χ2v) is 5.73. The van der Waals surface area contributed by atoms with Crippen LogP contribution in [0.25, 0.3) is 11.3 Å². The second kappa shape index (κ2) is 7.62. The molecule has 1 aromatic heterocycles. The van der Waals surface area contributed by atoms with Crippen LogP contribution in [0.15, 0.2) is 12.1 Å². The molecule has 0 radical (unpaired) electrons. The van der Waals surface area contributed by atoms with Crippen molar-refractivity contribution in [1.29, 1.82) is 0 Å². The van der Waals surface area contributed by atoms with Crippen LogP contribution < -0.4 is 15.8 Å². The zero-order chi connectivity index (χ0) is 16.1. The number of nitrogens with one attached hydrogen (secondary N) is 1. The molecule has 0 aliphatic rings. The molecule has 3 N–H and O–H groups in total.